The van der Waals surface area contributed by atoms with Gasteiger partial charge in [-0.25, -0.2) is 0 Å². The minimum absolute atomic E-state index is 0.0395. The predicted octanol–water partition coefficient (Wildman–Crippen LogP) is 1.06. The van der Waals surface area contributed by atoms with Crippen LogP contribution in [0.5, 0.6) is 0 Å². The van der Waals surface area contributed by atoms with Crippen molar-refractivity contribution in [1.82, 2.24) is 0 Å². The topological polar surface area (TPSA) is 105 Å². The number of hydrogen-bond acceptors (Lipinski definition) is 4. The number of hydrogen-bond donors (Lipinski definition) is 3. The number of anilines is 2. The highest BCUT2D eigenvalue weighted by atomic mass is 16.1. The molecule has 1 aromatic carbocycles. The van der Waals surface area contributed by atoms with E-state index in [9.17, 15) is 4.79 Å². The second-order valence-corrected chi connectivity index (χ2v) is 4.18. The van der Waals surface area contributed by atoms with Gasteiger partial charge in [-0.3, -0.25) is 4.79 Å². The third-order valence-electron chi connectivity index (χ3n) is 2.47. The van der Waals surface area contributed by atoms with E-state index in [0.29, 0.717) is 16.9 Å². The van der Waals surface area contributed by atoms with E-state index >= 15 is 0 Å². The molecule has 0 radical (unpaired) electrons. The molecular formula is C12H16N4O. The average molecular weight is 232 g/mol. The Morgan fingerprint density at radius 3 is 2.59 bits per heavy atom. The predicted molar refractivity (Wildman–Crippen MR) is 67.0 cm³/mol. The van der Waals surface area contributed by atoms with Crippen molar-refractivity contribution in [2.24, 2.45) is 11.7 Å². The molecule has 0 saturated carbocycles. The summed E-state index contributed by atoms with van der Waals surface area (Å²) in [6.07, 6.45) is 0. The highest BCUT2D eigenvalue weighted by molar-refractivity contribution is 5.84. The highest BCUT2D eigenvalue weighted by Crippen LogP contribution is 2.22. The van der Waals surface area contributed by atoms with E-state index in [-0.39, 0.29) is 5.92 Å². The fourth-order valence-electron chi connectivity index (χ4n) is 1.48. The molecule has 0 spiro atoms. The number of nitrogens with one attached hydrogen (secondary N) is 1. The third kappa shape index (κ3) is 3.11. The van der Waals surface area contributed by atoms with Gasteiger partial charge in [-0.05, 0) is 24.1 Å². The van der Waals surface area contributed by atoms with Crippen molar-refractivity contribution in [2.45, 2.75) is 19.9 Å². The molecule has 0 fully saturated rings. The van der Waals surface area contributed by atoms with Crippen LogP contribution >= 0.6 is 0 Å². The number of nitriles is 1. The third-order valence-corrected chi connectivity index (χ3v) is 2.47. The van der Waals surface area contributed by atoms with Gasteiger partial charge in [-0.2, -0.15) is 5.26 Å². The lowest BCUT2D eigenvalue weighted by Gasteiger charge is -2.21. The highest BCUT2D eigenvalue weighted by Gasteiger charge is 2.19. The molecule has 0 bridgehead atoms. The number of nitrogens with zero attached hydrogens (tertiary/aromatic N) is 1. The standard InChI is InChI=1S/C12H16N4O/c1-7(2)11(12(15)17)16-10-5-8(6-13)3-4-9(10)14/h3-5,7,11,16H,14H2,1-2H3,(H2,15,17). The van der Waals surface area contributed by atoms with E-state index in [0.717, 1.165) is 0 Å². The Kier molecular flexibility index (Phi) is 3.94. The molecule has 17 heavy (non-hydrogen) atoms. The normalized spacial score (nSPS) is 11.9. The Balaban J connectivity index is 3.01. The summed E-state index contributed by atoms with van der Waals surface area (Å²) in [5.41, 5.74) is 12.6. The van der Waals surface area contributed by atoms with Gasteiger partial charge in [-0.1, -0.05) is 13.8 Å². The van der Waals surface area contributed by atoms with Crippen molar-refractivity contribution in [2.75, 3.05) is 11.1 Å². The Morgan fingerprint density at radius 2 is 2.12 bits per heavy atom. The molecule has 1 aromatic rings. The van der Waals surface area contributed by atoms with E-state index in [2.05, 4.69) is 5.32 Å². The SMILES string of the molecule is CC(C)C(Nc1cc(C#N)ccc1N)C(N)=O. The molecule has 1 amide bonds. The van der Waals surface area contributed by atoms with Gasteiger partial charge in [0.15, 0.2) is 0 Å². The number of rotatable bonds is 4. The maximum Gasteiger partial charge on any atom is 0.240 e. The Bertz CT molecular complexity index is 462. The van der Waals surface area contributed by atoms with Crippen LogP contribution in [0.2, 0.25) is 0 Å². The molecule has 0 saturated heterocycles. The maximum atomic E-state index is 11.3. The van der Waals surface area contributed by atoms with Crippen molar-refractivity contribution in [3.8, 4) is 6.07 Å². The van der Waals surface area contributed by atoms with Gasteiger partial charge < -0.3 is 16.8 Å². The van der Waals surface area contributed by atoms with Crippen molar-refractivity contribution >= 4 is 17.3 Å². The van der Waals surface area contributed by atoms with Gasteiger partial charge in [0.25, 0.3) is 0 Å². The van der Waals surface area contributed by atoms with Crippen LogP contribution in [-0.4, -0.2) is 11.9 Å². The molecule has 90 valence electrons. The van der Waals surface area contributed by atoms with Crippen molar-refractivity contribution in [1.29, 1.82) is 5.26 Å². The van der Waals surface area contributed by atoms with E-state index in [1.165, 1.54) is 0 Å². The second kappa shape index (κ2) is 5.21. The summed E-state index contributed by atoms with van der Waals surface area (Å²) < 4.78 is 0. The minimum Gasteiger partial charge on any atom is -0.397 e. The quantitative estimate of drug-likeness (QED) is 0.675. The summed E-state index contributed by atoms with van der Waals surface area (Å²) in [6.45, 7) is 3.76. The lowest BCUT2D eigenvalue weighted by atomic mass is 10.0. The number of amides is 1. The molecule has 0 aliphatic heterocycles. The van der Waals surface area contributed by atoms with Gasteiger partial charge >= 0.3 is 0 Å². The number of carbonyl (C=O) groups is 1. The fourth-order valence-corrected chi connectivity index (χ4v) is 1.48. The van der Waals surface area contributed by atoms with E-state index in [4.69, 9.17) is 16.7 Å². The molecule has 0 heterocycles. The Morgan fingerprint density at radius 1 is 1.47 bits per heavy atom. The molecule has 5 N–H and O–H groups in total. The molecule has 0 aliphatic carbocycles. The number of nitrogens with two attached hydrogens (primary N) is 2. The first-order valence-electron chi connectivity index (χ1n) is 5.31. The Labute approximate surface area is 100 Å². The molecule has 1 unspecified atom stereocenters. The molecule has 5 nitrogen and oxygen atoms in total. The van der Waals surface area contributed by atoms with Crippen LogP contribution in [0.25, 0.3) is 0 Å². The van der Waals surface area contributed by atoms with Crippen LogP contribution in [-0.2, 0) is 4.79 Å². The summed E-state index contributed by atoms with van der Waals surface area (Å²) in [4.78, 5) is 11.3. The number of primary amides is 1. The summed E-state index contributed by atoms with van der Waals surface area (Å²) in [5.74, 6) is -0.403. The summed E-state index contributed by atoms with van der Waals surface area (Å²) in [7, 11) is 0. The average Bonchev–Trinajstić information content (AvgIpc) is 2.27. The first-order valence-corrected chi connectivity index (χ1v) is 5.31. The van der Waals surface area contributed by atoms with E-state index < -0.39 is 11.9 Å². The molecule has 0 aromatic heterocycles. The lowest BCUT2D eigenvalue weighted by Crippen LogP contribution is -2.39. The molecule has 0 aliphatic rings. The molecule has 1 rings (SSSR count). The molecular weight excluding hydrogens is 216 g/mol. The maximum absolute atomic E-state index is 11.3. The van der Waals surface area contributed by atoms with Gasteiger partial charge in [-0.15, -0.1) is 0 Å². The van der Waals surface area contributed by atoms with Gasteiger partial charge in [0.05, 0.1) is 23.0 Å². The van der Waals surface area contributed by atoms with Crippen LogP contribution in [0.4, 0.5) is 11.4 Å². The minimum atomic E-state index is -0.508. The van der Waals surface area contributed by atoms with Crippen LogP contribution in [0, 0.1) is 17.2 Å². The monoisotopic (exact) mass is 232 g/mol. The van der Waals surface area contributed by atoms with Crippen LogP contribution in [0.1, 0.15) is 19.4 Å². The zero-order chi connectivity index (χ0) is 13.0. The van der Waals surface area contributed by atoms with Gasteiger partial charge in [0, 0.05) is 0 Å². The van der Waals surface area contributed by atoms with Crippen molar-refractivity contribution < 1.29 is 4.79 Å². The number of benzene rings is 1. The van der Waals surface area contributed by atoms with Crippen molar-refractivity contribution in [3.05, 3.63) is 23.8 Å². The van der Waals surface area contributed by atoms with Gasteiger partial charge in [0.2, 0.25) is 5.91 Å². The first kappa shape index (κ1) is 12.8. The summed E-state index contributed by atoms with van der Waals surface area (Å²) >= 11 is 0. The van der Waals surface area contributed by atoms with Gasteiger partial charge in [0.1, 0.15) is 6.04 Å². The lowest BCUT2D eigenvalue weighted by molar-refractivity contribution is -0.119. The van der Waals surface area contributed by atoms with Crippen molar-refractivity contribution in [3.63, 3.8) is 0 Å². The largest absolute Gasteiger partial charge is 0.397 e. The Hall–Kier alpha value is -2.22. The van der Waals surface area contributed by atoms with E-state index in [1.54, 1.807) is 18.2 Å². The van der Waals surface area contributed by atoms with Crippen LogP contribution < -0.4 is 16.8 Å². The molecule has 5 heteroatoms. The summed E-state index contributed by atoms with van der Waals surface area (Å²) in [6, 6.07) is 6.36. The second-order valence-electron chi connectivity index (χ2n) is 4.18. The first-order chi connectivity index (χ1) is 7.95. The number of nitrogen functional groups attached to an aromatic ring is 1. The van der Waals surface area contributed by atoms with E-state index in [1.807, 2.05) is 19.9 Å². The summed E-state index contributed by atoms with van der Waals surface area (Å²) in [5, 5.41) is 11.8. The van der Waals surface area contributed by atoms with Crippen LogP contribution in [0.3, 0.4) is 0 Å². The zero-order valence-electron chi connectivity index (χ0n) is 9.90. The number of carbonyl (C=O) groups excluding carboxylic acids is 1. The fraction of sp³-hybridized carbons (Fsp3) is 0.333. The molecule has 1 atom stereocenters. The van der Waals surface area contributed by atoms with Crippen LogP contribution in [0.15, 0.2) is 18.2 Å². The zero-order valence-corrected chi connectivity index (χ0v) is 9.90. The smallest absolute Gasteiger partial charge is 0.240 e.